The van der Waals surface area contributed by atoms with E-state index in [1.165, 1.54) is 6.07 Å². The molecule has 0 spiro atoms. The summed E-state index contributed by atoms with van der Waals surface area (Å²) in [5, 5.41) is 0. The summed E-state index contributed by atoms with van der Waals surface area (Å²) in [5.41, 5.74) is 0.646. The van der Waals surface area contributed by atoms with Gasteiger partial charge in [-0.15, -0.1) is 11.3 Å². The molecule has 3 atom stereocenters. The highest BCUT2D eigenvalue weighted by Crippen LogP contribution is 2.29. The van der Waals surface area contributed by atoms with Crippen LogP contribution in [0.4, 0.5) is 0 Å². The number of benzene rings is 1. The molecule has 1 amide bonds. The highest BCUT2D eigenvalue weighted by Gasteiger charge is 2.34. The van der Waals surface area contributed by atoms with Gasteiger partial charge in [0.25, 0.3) is 10.0 Å². The Morgan fingerprint density at radius 3 is 2.33 bits per heavy atom. The lowest BCUT2D eigenvalue weighted by Gasteiger charge is -2.37. The molecule has 146 valence electrons. The number of hydrogen-bond acceptors (Lipinski definition) is 4. The molecule has 1 aliphatic heterocycles. The van der Waals surface area contributed by atoms with Gasteiger partial charge in [0.1, 0.15) is 10.3 Å². The number of sulfonamides is 1. The van der Waals surface area contributed by atoms with Gasteiger partial charge < -0.3 is 4.90 Å². The second kappa shape index (κ2) is 8.43. The van der Waals surface area contributed by atoms with Crippen molar-refractivity contribution in [2.45, 2.75) is 30.5 Å². The van der Waals surface area contributed by atoms with E-state index in [9.17, 15) is 13.2 Å². The van der Waals surface area contributed by atoms with Crippen LogP contribution in [-0.4, -0.2) is 32.3 Å². The molecule has 0 bridgehead atoms. The number of nitrogens with one attached hydrogen (secondary N) is 1. The van der Waals surface area contributed by atoms with Gasteiger partial charge in [0.2, 0.25) is 5.91 Å². The van der Waals surface area contributed by atoms with Gasteiger partial charge in [0.05, 0.1) is 3.79 Å². The number of carbonyl (C=O) groups is 1. The lowest BCUT2D eigenvalue weighted by molar-refractivity contribution is -0.135. The van der Waals surface area contributed by atoms with Gasteiger partial charge in [-0.05, 0) is 51.9 Å². The number of amides is 1. The number of carbonyl (C=O) groups excluding carboxylic acids is 1. The van der Waals surface area contributed by atoms with Gasteiger partial charge in [-0.2, -0.15) is 4.72 Å². The maximum Gasteiger partial charge on any atom is 0.251 e. The zero-order valence-corrected chi connectivity index (χ0v) is 18.5. The van der Waals surface area contributed by atoms with Crippen LogP contribution in [0.25, 0.3) is 0 Å². The lowest BCUT2D eigenvalue weighted by atomic mass is 9.91. The molecule has 27 heavy (non-hydrogen) atoms. The van der Waals surface area contributed by atoms with Crippen molar-refractivity contribution in [3.8, 4) is 0 Å². The van der Waals surface area contributed by atoms with E-state index in [0.717, 1.165) is 21.5 Å². The van der Waals surface area contributed by atoms with Crippen molar-refractivity contribution in [2.24, 2.45) is 11.8 Å². The first kappa shape index (κ1) is 20.5. The van der Waals surface area contributed by atoms with Gasteiger partial charge >= 0.3 is 0 Å². The summed E-state index contributed by atoms with van der Waals surface area (Å²) in [6, 6.07) is 11.3. The highest BCUT2D eigenvalue weighted by atomic mass is 79.9. The average molecular weight is 471 g/mol. The molecule has 2 heterocycles. The molecule has 8 heteroatoms. The minimum Gasteiger partial charge on any atom is -0.340 e. The predicted molar refractivity (Wildman–Crippen MR) is 111 cm³/mol. The third kappa shape index (κ3) is 4.99. The number of thiophene rings is 1. The van der Waals surface area contributed by atoms with E-state index in [-0.39, 0.29) is 10.1 Å². The Bertz CT molecular complexity index is 889. The van der Waals surface area contributed by atoms with Crippen molar-refractivity contribution >= 4 is 43.2 Å². The summed E-state index contributed by atoms with van der Waals surface area (Å²) < 4.78 is 29.3. The van der Waals surface area contributed by atoms with Crippen LogP contribution in [0.5, 0.6) is 0 Å². The van der Waals surface area contributed by atoms with Crippen molar-refractivity contribution in [3.63, 3.8) is 0 Å². The third-order valence-corrected chi connectivity index (χ3v) is 8.19. The topological polar surface area (TPSA) is 66.5 Å². The van der Waals surface area contributed by atoms with Gasteiger partial charge in [-0.1, -0.05) is 44.2 Å². The molecule has 0 radical (unpaired) electrons. The fourth-order valence-corrected chi connectivity index (χ4v) is 6.79. The Balaban J connectivity index is 1.91. The zero-order chi connectivity index (χ0) is 19.6. The first-order valence-electron chi connectivity index (χ1n) is 8.87. The van der Waals surface area contributed by atoms with E-state index in [4.69, 9.17) is 0 Å². The number of rotatable bonds is 5. The second-order valence-corrected chi connectivity index (χ2v) is 11.6. The van der Waals surface area contributed by atoms with Crippen LogP contribution in [-0.2, 0) is 14.8 Å². The van der Waals surface area contributed by atoms with Crippen molar-refractivity contribution in [1.82, 2.24) is 9.62 Å². The number of likely N-dealkylation sites (tertiary alicyclic amines) is 1. The number of hydrogen-bond donors (Lipinski definition) is 1. The smallest absolute Gasteiger partial charge is 0.251 e. The fraction of sp³-hybridized carbons (Fsp3) is 0.421. The van der Waals surface area contributed by atoms with Crippen LogP contribution in [0.15, 0.2) is 50.5 Å². The molecule has 1 aromatic carbocycles. The minimum absolute atomic E-state index is 0.184. The van der Waals surface area contributed by atoms with Crippen molar-refractivity contribution in [3.05, 3.63) is 51.8 Å². The summed E-state index contributed by atoms with van der Waals surface area (Å²) >= 11 is 4.41. The predicted octanol–water partition coefficient (Wildman–Crippen LogP) is 4.03. The molecule has 0 aliphatic carbocycles. The van der Waals surface area contributed by atoms with E-state index in [2.05, 4.69) is 34.5 Å². The highest BCUT2D eigenvalue weighted by molar-refractivity contribution is 9.11. The first-order chi connectivity index (χ1) is 12.8. The summed E-state index contributed by atoms with van der Waals surface area (Å²) in [7, 11) is -3.81. The number of piperidine rings is 1. The number of halogens is 1. The van der Waals surface area contributed by atoms with E-state index in [1.54, 1.807) is 23.1 Å². The summed E-state index contributed by atoms with van der Waals surface area (Å²) in [6.07, 6.45) is 1.08. The van der Waals surface area contributed by atoms with Crippen LogP contribution in [0.3, 0.4) is 0 Å². The molecule has 1 N–H and O–H groups in total. The summed E-state index contributed by atoms with van der Waals surface area (Å²) in [4.78, 5) is 15.1. The van der Waals surface area contributed by atoms with Gasteiger partial charge in [-0.25, -0.2) is 8.42 Å². The van der Waals surface area contributed by atoms with Crippen molar-refractivity contribution < 1.29 is 13.2 Å². The standard InChI is InChI=1S/C19H23BrN2O3S2/c1-13-10-14(2)12-22(11-13)19(23)18(15-6-4-3-5-7-15)21-27(24,25)17-9-8-16(20)26-17/h3-9,13-14,18,21H,10-12H2,1-2H3/t13-,14+,18-/m1/s1. The lowest BCUT2D eigenvalue weighted by Crippen LogP contribution is -2.48. The Labute approximate surface area is 173 Å². The zero-order valence-electron chi connectivity index (χ0n) is 15.3. The van der Waals surface area contributed by atoms with E-state index >= 15 is 0 Å². The Kier molecular flexibility index (Phi) is 6.40. The molecule has 0 saturated carbocycles. The van der Waals surface area contributed by atoms with Crippen LogP contribution in [0.1, 0.15) is 31.9 Å². The molecular formula is C19H23BrN2O3S2. The van der Waals surface area contributed by atoms with Crippen molar-refractivity contribution in [2.75, 3.05) is 13.1 Å². The molecule has 5 nitrogen and oxygen atoms in total. The quantitative estimate of drug-likeness (QED) is 0.716. The van der Waals surface area contributed by atoms with E-state index in [0.29, 0.717) is 30.5 Å². The Hall–Kier alpha value is -1.22. The molecule has 1 saturated heterocycles. The molecule has 1 aliphatic rings. The molecule has 2 aromatic rings. The molecule has 1 aromatic heterocycles. The maximum atomic E-state index is 13.3. The third-order valence-electron chi connectivity index (χ3n) is 4.65. The SMILES string of the molecule is C[C@@H]1C[C@H](C)CN(C(=O)[C@H](NS(=O)(=O)c2ccc(Br)s2)c2ccccc2)C1. The summed E-state index contributed by atoms with van der Waals surface area (Å²) in [6.45, 7) is 5.55. The van der Waals surface area contributed by atoms with Gasteiger partial charge in [0.15, 0.2) is 0 Å². The first-order valence-corrected chi connectivity index (χ1v) is 12.0. The Morgan fingerprint density at radius 2 is 1.78 bits per heavy atom. The average Bonchev–Trinajstić information content (AvgIpc) is 3.06. The molecule has 0 unspecified atom stereocenters. The normalized spacial score (nSPS) is 21.8. The monoisotopic (exact) mass is 470 g/mol. The minimum atomic E-state index is -3.81. The maximum absolute atomic E-state index is 13.3. The molecule has 3 rings (SSSR count). The van der Waals surface area contributed by atoms with Gasteiger partial charge in [0, 0.05) is 13.1 Å². The van der Waals surface area contributed by atoms with Gasteiger partial charge in [-0.3, -0.25) is 4.79 Å². The van der Waals surface area contributed by atoms with Crippen LogP contribution < -0.4 is 4.72 Å². The van der Waals surface area contributed by atoms with Crippen LogP contribution in [0, 0.1) is 11.8 Å². The van der Waals surface area contributed by atoms with Crippen LogP contribution >= 0.6 is 27.3 Å². The van der Waals surface area contributed by atoms with E-state index in [1.807, 2.05) is 18.2 Å². The van der Waals surface area contributed by atoms with E-state index < -0.39 is 16.1 Å². The fourth-order valence-electron chi connectivity index (χ4n) is 3.59. The van der Waals surface area contributed by atoms with Crippen LogP contribution in [0.2, 0.25) is 0 Å². The van der Waals surface area contributed by atoms with Crippen molar-refractivity contribution in [1.29, 1.82) is 0 Å². The number of nitrogens with zero attached hydrogens (tertiary/aromatic N) is 1. The second-order valence-electron chi connectivity index (χ2n) is 7.21. The molecule has 1 fully saturated rings. The summed E-state index contributed by atoms with van der Waals surface area (Å²) in [5.74, 6) is 0.608. The molecular weight excluding hydrogens is 448 g/mol. The largest absolute Gasteiger partial charge is 0.340 e. The Morgan fingerprint density at radius 1 is 1.15 bits per heavy atom.